The largest absolute Gasteiger partial charge is 0.414 e. The molecule has 0 radical (unpaired) electrons. The Morgan fingerprint density at radius 3 is 2.47 bits per heavy atom. The third-order valence-corrected chi connectivity index (χ3v) is 8.26. The Bertz CT molecular complexity index is 225. The first kappa shape index (κ1) is 13.0. The maximum atomic E-state index is 6.41. The van der Waals surface area contributed by atoms with Crippen LogP contribution in [-0.4, -0.2) is 14.4 Å². The Hall–Kier alpha value is -0.0831. The monoisotopic (exact) mass is 226 g/mol. The Morgan fingerprint density at radius 2 is 1.87 bits per heavy atom. The van der Waals surface area contributed by atoms with Gasteiger partial charge in [0.15, 0.2) is 8.32 Å². The minimum Gasteiger partial charge on any atom is -0.414 e. The average Bonchev–Trinajstić information content (AvgIpc) is 2.30. The van der Waals surface area contributed by atoms with Crippen LogP contribution in [0.4, 0.5) is 0 Å². The van der Waals surface area contributed by atoms with Gasteiger partial charge >= 0.3 is 0 Å². The Balaban J connectivity index is 2.56. The molecule has 2 heteroatoms. The van der Waals surface area contributed by atoms with Crippen LogP contribution >= 0.6 is 0 Å². The van der Waals surface area contributed by atoms with E-state index < -0.39 is 8.32 Å². The summed E-state index contributed by atoms with van der Waals surface area (Å²) < 4.78 is 6.41. The highest BCUT2D eigenvalue weighted by Crippen LogP contribution is 2.38. The summed E-state index contributed by atoms with van der Waals surface area (Å²) in [4.78, 5) is 0. The van der Waals surface area contributed by atoms with Crippen molar-refractivity contribution in [3.05, 3.63) is 12.2 Å². The lowest BCUT2D eigenvalue weighted by Gasteiger charge is -2.39. The molecule has 1 nitrogen and oxygen atoms in total. The van der Waals surface area contributed by atoms with Crippen LogP contribution in [0.3, 0.4) is 0 Å². The highest BCUT2D eigenvalue weighted by Gasteiger charge is 2.38. The maximum Gasteiger partial charge on any atom is 0.192 e. The van der Waals surface area contributed by atoms with E-state index in [4.69, 9.17) is 4.43 Å². The van der Waals surface area contributed by atoms with E-state index in [-0.39, 0.29) is 0 Å². The first-order valence-electron chi connectivity index (χ1n) is 6.16. The van der Waals surface area contributed by atoms with Crippen molar-refractivity contribution in [3.8, 4) is 0 Å². The third-order valence-electron chi connectivity index (χ3n) is 3.73. The molecule has 0 aromatic carbocycles. The highest BCUT2D eigenvalue weighted by molar-refractivity contribution is 6.74. The molecule has 1 rings (SSSR count). The zero-order valence-corrected chi connectivity index (χ0v) is 12.0. The van der Waals surface area contributed by atoms with Gasteiger partial charge in [-0.2, -0.15) is 0 Å². The predicted octanol–water partition coefficient (Wildman–Crippen LogP) is 4.51. The van der Waals surface area contributed by atoms with Gasteiger partial charge < -0.3 is 4.43 Å². The summed E-state index contributed by atoms with van der Waals surface area (Å²) in [5.41, 5.74) is 0. The van der Waals surface area contributed by atoms with E-state index in [1.165, 1.54) is 19.3 Å². The first-order valence-corrected chi connectivity index (χ1v) is 9.06. The first-order chi connectivity index (χ1) is 6.83. The summed E-state index contributed by atoms with van der Waals surface area (Å²) in [6.45, 7) is 11.6. The van der Waals surface area contributed by atoms with Gasteiger partial charge in [-0.1, -0.05) is 32.9 Å². The molecule has 1 unspecified atom stereocenters. The van der Waals surface area contributed by atoms with Gasteiger partial charge in [-0.25, -0.2) is 0 Å². The molecule has 0 saturated carbocycles. The van der Waals surface area contributed by atoms with Crippen LogP contribution in [0.2, 0.25) is 18.1 Å². The van der Waals surface area contributed by atoms with Crippen molar-refractivity contribution in [2.75, 3.05) is 0 Å². The third kappa shape index (κ3) is 3.76. The standard InChI is InChI=1S/C13H26OSi/c1-13(2,3)15(4,5)14-12-10-8-6-7-9-11-12/h6,8,12H,7,9-11H2,1-5H3. The fourth-order valence-electron chi connectivity index (χ4n) is 1.65. The molecule has 0 aromatic heterocycles. The Morgan fingerprint density at radius 1 is 1.20 bits per heavy atom. The molecule has 0 saturated heterocycles. The molecule has 0 aliphatic heterocycles. The van der Waals surface area contributed by atoms with E-state index in [0.717, 1.165) is 6.42 Å². The fraction of sp³-hybridized carbons (Fsp3) is 0.846. The molecule has 0 aromatic rings. The minimum absolute atomic E-state index is 0.336. The van der Waals surface area contributed by atoms with Gasteiger partial charge in [0.2, 0.25) is 0 Å². The molecule has 0 fully saturated rings. The smallest absolute Gasteiger partial charge is 0.192 e. The lowest BCUT2D eigenvalue weighted by molar-refractivity contribution is 0.173. The second kappa shape index (κ2) is 4.83. The van der Waals surface area contributed by atoms with Crippen molar-refractivity contribution in [2.45, 2.75) is 70.7 Å². The molecular weight excluding hydrogens is 200 g/mol. The number of rotatable bonds is 2. The van der Waals surface area contributed by atoms with E-state index in [9.17, 15) is 0 Å². The fourth-order valence-corrected chi connectivity index (χ4v) is 3.05. The van der Waals surface area contributed by atoms with Gasteiger partial charge in [-0.15, -0.1) is 0 Å². The lowest BCUT2D eigenvalue weighted by Crippen LogP contribution is -2.43. The minimum atomic E-state index is -1.55. The summed E-state index contributed by atoms with van der Waals surface area (Å²) in [7, 11) is -1.55. The van der Waals surface area contributed by atoms with Crippen LogP contribution < -0.4 is 0 Å². The second-order valence-electron chi connectivity index (χ2n) is 6.14. The molecule has 0 amide bonds. The van der Waals surface area contributed by atoms with Crippen LogP contribution in [0.1, 0.15) is 46.5 Å². The molecule has 88 valence electrons. The van der Waals surface area contributed by atoms with Gasteiger partial charge in [0.25, 0.3) is 0 Å². The Kier molecular flexibility index (Phi) is 4.18. The molecule has 0 spiro atoms. The summed E-state index contributed by atoms with van der Waals surface area (Å²) in [5, 5.41) is 0.336. The van der Waals surface area contributed by atoms with E-state index in [0.29, 0.717) is 11.1 Å². The second-order valence-corrected chi connectivity index (χ2v) is 10.9. The summed E-state index contributed by atoms with van der Waals surface area (Å²) in [6.07, 6.45) is 9.95. The molecular formula is C13H26OSi. The van der Waals surface area contributed by atoms with Crippen molar-refractivity contribution < 1.29 is 4.43 Å². The van der Waals surface area contributed by atoms with Crippen LogP contribution in [0.15, 0.2) is 12.2 Å². The van der Waals surface area contributed by atoms with Crippen molar-refractivity contribution >= 4 is 8.32 Å². The topological polar surface area (TPSA) is 9.23 Å². The lowest BCUT2D eigenvalue weighted by atomic mass is 10.2. The number of hydrogen-bond acceptors (Lipinski definition) is 1. The van der Waals surface area contributed by atoms with Crippen LogP contribution in [-0.2, 0) is 4.43 Å². The molecule has 1 aliphatic rings. The normalized spacial score (nSPS) is 23.9. The van der Waals surface area contributed by atoms with Crippen molar-refractivity contribution in [1.82, 2.24) is 0 Å². The molecule has 0 N–H and O–H groups in total. The van der Waals surface area contributed by atoms with E-state index >= 15 is 0 Å². The summed E-state index contributed by atoms with van der Waals surface area (Å²) in [6, 6.07) is 0. The van der Waals surface area contributed by atoms with Gasteiger partial charge in [0.1, 0.15) is 0 Å². The maximum absolute atomic E-state index is 6.41. The molecule has 1 aliphatic carbocycles. The predicted molar refractivity (Wildman–Crippen MR) is 69.7 cm³/mol. The summed E-state index contributed by atoms with van der Waals surface area (Å²) >= 11 is 0. The molecule has 0 heterocycles. The van der Waals surface area contributed by atoms with E-state index in [1.54, 1.807) is 0 Å². The zero-order valence-electron chi connectivity index (χ0n) is 11.0. The quantitative estimate of drug-likeness (QED) is 0.497. The average molecular weight is 226 g/mol. The van der Waals surface area contributed by atoms with Gasteiger partial charge in [-0.05, 0) is 43.8 Å². The molecule has 15 heavy (non-hydrogen) atoms. The van der Waals surface area contributed by atoms with Crippen molar-refractivity contribution in [2.24, 2.45) is 0 Å². The van der Waals surface area contributed by atoms with Crippen molar-refractivity contribution in [3.63, 3.8) is 0 Å². The van der Waals surface area contributed by atoms with E-state index in [2.05, 4.69) is 46.0 Å². The number of hydrogen-bond donors (Lipinski definition) is 0. The van der Waals surface area contributed by atoms with Crippen LogP contribution in [0, 0.1) is 0 Å². The van der Waals surface area contributed by atoms with Crippen LogP contribution in [0.5, 0.6) is 0 Å². The zero-order chi connectivity index (χ0) is 11.5. The van der Waals surface area contributed by atoms with Gasteiger partial charge in [0.05, 0.1) is 0 Å². The van der Waals surface area contributed by atoms with Gasteiger partial charge in [-0.3, -0.25) is 0 Å². The number of allylic oxidation sites excluding steroid dienone is 1. The SMILES string of the molecule is CC(C)(C)[Si](C)(C)OC1CC=CCCC1. The Labute approximate surface area is 96.0 Å². The molecule has 1 atom stereocenters. The van der Waals surface area contributed by atoms with E-state index in [1.807, 2.05) is 0 Å². The molecule has 0 bridgehead atoms. The summed E-state index contributed by atoms with van der Waals surface area (Å²) in [5.74, 6) is 0. The van der Waals surface area contributed by atoms with Crippen LogP contribution in [0.25, 0.3) is 0 Å². The van der Waals surface area contributed by atoms with Gasteiger partial charge in [0, 0.05) is 6.10 Å². The van der Waals surface area contributed by atoms with Crippen molar-refractivity contribution in [1.29, 1.82) is 0 Å². The highest BCUT2D eigenvalue weighted by atomic mass is 28.4.